The van der Waals surface area contributed by atoms with Crippen molar-refractivity contribution >= 4 is 0 Å². The zero-order valence-corrected chi connectivity index (χ0v) is 24.0. The van der Waals surface area contributed by atoms with Crippen LogP contribution in [0, 0.1) is 5.41 Å². The first-order valence-corrected chi connectivity index (χ1v) is 12.1. The third kappa shape index (κ3) is 17.6. The number of hydrogen-bond donors (Lipinski definition) is 1. The minimum Gasteiger partial charge on any atom is -0.382 e. The van der Waals surface area contributed by atoms with E-state index in [0.29, 0.717) is 39.6 Å². The van der Waals surface area contributed by atoms with Crippen LogP contribution in [-0.2, 0) is 56.9 Å². The lowest BCUT2D eigenvalue weighted by Crippen LogP contribution is -2.45. The van der Waals surface area contributed by atoms with Crippen molar-refractivity contribution in [2.45, 2.75) is 24.5 Å². The lowest BCUT2D eigenvalue weighted by atomic mass is 9.92. The zero-order valence-electron chi connectivity index (χ0n) is 24.0. The van der Waals surface area contributed by atoms with Crippen LogP contribution in [0.4, 0.5) is 0 Å². The highest BCUT2D eigenvalue weighted by Crippen LogP contribution is 2.22. The molecule has 0 aromatic carbocycles. The summed E-state index contributed by atoms with van der Waals surface area (Å²) in [6, 6.07) is 0. The molecule has 0 fully saturated rings. The largest absolute Gasteiger partial charge is 0.382 e. The summed E-state index contributed by atoms with van der Waals surface area (Å²) < 4.78 is 61.4. The predicted octanol–water partition coefficient (Wildman–Crippen LogP) is 0.147. The monoisotopic (exact) mass is 545 g/mol. The highest BCUT2D eigenvalue weighted by Gasteiger charge is 2.34. The molecule has 0 aliphatic carbocycles. The maximum Gasteiger partial charge on any atom is 0.153 e. The molecule has 0 saturated carbocycles. The van der Waals surface area contributed by atoms with Gasteiger partial charge in [-0.3, -0.25) is 0 Å². The van der Waals surface area contributed by atoms with Gasteiger partial charge in [-0.15, -0.1) is 0 Å². The molecule has 4 atom stereocenters. The average molecular weight is 546 g/mol. The van der Waals surface area contributed by atoms with Gasteiger partial charge in [0.1, 0.15) is 18.3 Å². The standard InChI is InChI=1S/C24H51NO12/c1-26-9-20(29-4)12-34-16-24(17-35-13-21(30-5)10-27-2,18-36-14-22(31-6)11-28-3)19-37-15-23(32-7)25-33-8/h20-23,25H,9-19H2,1-8H3. The van der Waals surface area contributed by atoms with Crippen molar-refractivity contribution < 1.29 is 56.9 Å². The normalized spacial score (nSPS) is 16.9. The van der Waals surface area contributed by atoms with E-state index in [4.69, 9.17) is 56.9 Å². The Labute approximate surface area is 222 Å². The summed E-state index contributed by atoms with van der Waals surface area (Å²) in [6.07, 6.45) is -1.10. The number of hydrogen-bond acceptors (Lipinski definition) is 13. The van der Waals surface area contributed by atoms with Crippen LogP contribution in [0.25, 0.3) is 0 Å². The molecule has 0 aromatic heterocycles. The Bertz CT molecular complexity index is 405. The Hall–Kier alpha value is -0.520. The van der Waals surface area contributed by atoms with Crippen LogP contribution in [0.3, 0.4) is 0 Å². The van der Waals surface area contributed by atoms with Crippen molar-refractivity contribution in [3.8, 4) is 0 Å². The first-order chi connectivity index (χ1) is 18.0. The van der Waals surface area contributed by atoms with Crippen LogP contribution >= 0.6 is 0 Å². The maximum atomic E-state index is 6.07. The molecule has 4 unspecified atom stereocenters. The Balaban J connectivity index is 5.50. The van der Waals surface area contributed by atoms with E-state index < -0.39 is 11.6 Å². The first-order valence-electron chi connectivity index (χ1n) is 12.1. The Morgan fingerprint density at radius 1 is 0.459 bits per heavy atom. The van der Waals surface area contributed by atoms with Gasteiger partial charge in [0, 0.05) is 49.8 Å². The van der Waals surface area contributed by atoms with Crippen LogP contribution < -0.4 is 5.48 Å². The molecule has 224 valence electrons. The molecule has 0 aromatic rings. The highest BCUT2D eigenvalue weighted by atomic mass is 16.7. The Kier molecular flexibility index (Phi) is 24.2. The van der Waals surface area contributed by atoms with Gasteiger partial charge in [-0.05, 0) is 0 Å². The van der Waals surface area contributed by atoms with E-state index in [1.165, 1.54) is 7.11 Å². The average Bonchev–Trinajstić information content (AvgIpc) is 2.90. The van der Waals surface area contributed by atoms with Crippen molar-refractivity contribution in [2.75, 3.05) is 130 Å². The van der Waals surface area contributed by atoms with Gasteiger partial charge in [0.25, 0.3) is 0 Å². The van der Waals surface area contributed by atoms with Gasteiger partial charge in [-0.2, -0.15) is 5.48 Å². The summed E-state index contributed by atoms with van der Waals surface area (Å²) in [5.41, 5.74) is 2.05. The molecule has 0 spiro atoms. The minimum atomic E-state index is -0.673. The molecule has 0 heterocycles. The number of hydroxylamine groups is 1. The fraction of sp³-hybridized carbons (Fsp3) is 1.00. The summed E-state index contributed by atoms with van der Waals surface area (Å²) in [4.78, 5) is 4.95. The molecule has 0 bridgehead atoms. The van der Waals surface area contributed by atoms with Gasteiger partial charge < -0.3 is 56.9 Å². The van der Waals surface area contributed by atoms with E-state index in [2.05, 4.69) is 5.48 Å². The SMILES string of the molecule is COCC(COCC(COCC(COC)OC)(COCC(COC)OC)COCC(NOC)OC)OC. The van der Waals surface area contributed by atoms with Crippen LogP contribution in [0.15, 0.2) is 0 Å². The van der Waals surface area contributed by atoms with E-state index in [-0.39, 0.29) is 51.3 Å². The number of rotatable bonds is 28. The van der Waals surface area contributed by atoms with Crippen molar-refractivity contribution in [3.05, 3.63) is 0 Å². The highest BCUT2D eigenvalue weighted by molar-refractivity contribution is 4.80. The quantitative estimate of drug-likeness (QED) is 0.106. The van der Waals surface area contributed by atoms with Crippen molar-refractivity contribution in [1.29, 1.82) is 0 Å². The molecule has 37 heavy (non-hydrogen) atoms. The van der Waals surface area contributed by atoms with E-state index in [1.54, 1.807) is 49.8 Å². The fourth-order valence-corrected chi connectivity index (χ4v) is 3.24. The van der Waals surface area contributed by atoms with Gasteiger partial charge in [0.05, 0.1) is 85.2 Å². The van der Waals surface area contributed by atoms with Crippen molar-refractivity contribution in [3.63, 3.8) is 0 Å². The number of nitrogens with one attached hydrogen (secondary N) is 1. The Morgan fingerprint density at radius 3 is 1.08 bits per heavy atom. The van der Waals surface area contributed by atoms with Crippen molar-refractivity contribution in [2.24, 2.45) is 5.41 Å². The van der Waals surface area contributed by atoms with E-state index in [1.807, 2.05) is 0 Å². The van der Waals surface area contributed by atoms with Gasteiger partial charge in [-0.1, -0.05) is 0 Å². The molecule has 0 amide bonds. The zero-order chi connectivity index (χ0) is 27.8. The van der Waals surface area contributed by atoms with Crippen LogP contribution in [-0.4, -0.2) is 154 Å². The molecule has 0 aliphatic rings. The minimum absolute atomic E-state index is 0.214. The van der Waals surface area contributed by atoms with Crippen LogP contribution in [0.2, 0.25) is 0 Å². The second kappa shape index (κ2) is 24.5. The van der Waals surface area contributed by atoms with Crippen molar-refractivity contribution in [1.82, 2.24) is 5.48 Å². The summed E-state index contributed by atoms with van der Waals surface area (Å²) in [5, 5.41) is 0. The molecular weight excluding hydrogens is 494 g/mol. The molecule has 0 saturated heterocycles. The van der Waals surface area contributed by atoms with Gasteiger partial charge in [0.15, 0.2) is 6.23 Å². The summed E-state index contributed by atoms with van der Waals surface area (Å²) >= 11 is 0. The van der Waals surface area contributed by atoms with Gasteiger partial charge in [0.2, 0.25) is 0 Å². The lowest BCUT2D eigenvalue weighted by molar-refractivity contribution is -0.151. The second-order valence-corrected chi connectivity index (χ2v) is 8.55. The molecule has 1 N–H and O–H groups in total. The molecule has 13 heteroatoms. The number of methoxy groups -OCH3 is 7. The number of ether oxygens (including phenoxy) is 11. The van der Waals surface area contributed by atoms with Crippen LogP contribution in [0.5, 0.6) is 0 Å². The molecule has 0 rings (SSSR count). The lowest BCUT2D eigenvalue weighted by Gasteiger charge is -2.34. The molecular formula is C24H51NO12. The predicted molar refractivity (Wildman–Crippen MR) is 135 cm³/mol. The summed E-state index contributed by atoms with van der Waals surface area (Å²) in [6.45, 7) is 3.50. The molecule has 0 radical (unpaired) electrons. The van der Waals surface area contributed by atoms with E-state index >= 15 is 0 Å². The Morgan fingerprint density at radius 2 is 0.811 bits per heavy atom. The van der Waals surface area contributed by atoms with Crippen LogP contribution in [0.1, 0.15) is 0 Å². The van der Waals surface area contributed by atoms with Gasteiger partial charge in [-0.25, -0.2) is 0 Å². The topological polar surface area (TPSA) is 123 Å². The first kappa shape index (κ1) is 36.5. The second-order valence-electron chi connectivity index (χ2n) is 8.55. The summed E-state index contributed by atoms with van der Waals surface area (Å²) in [5.74, 6) is 0. The van der Waals surface area contributed by atoms with E-state index in [9.17, 15) is 0 Å². The van der Waals surface area contributed by atoms with E-state index in [0.717, 1.165) is 0 Å². The fourth-order valence-electron chi connectivity index (χ4n) is 3.24. The molecule has 0 aliphatic heterocycles. The smallest absolute Gasteiger partial charge is 0.153 e. The third-order valence-electron chi connectivity index (χ3n) is 5.40. The van der Waals surface area contributed by atoms with Gasteiger partial charge >= 0.3 is 0 Å². The third-order valence-corrected chi connectivity index (χ3v) is 5.40. The summed E-state index contributed by atoms with van der Waals surface area (Å²) in [7, 11) is 12.8. The maximum absolute atomic E-state index is 6.07. The molecule has 13 nitrogen and oxygen atoms in total.